The third kappa shape index (κ3) is 3.02. The Bertz CT molecular complexity index is 968. The van der Waals surface area contributed by atoms with Crippen LogP contribution in [-0.4, -0.2) is 4.57 Å². The number of aryl methyl sites for hydroxylation is 2. The Kier molecular flexibility index (Phi) is 4.55. The highest BCUT2D eigenvalue weighted by atomic mass is 16.5. The fourth-order valence-electron chi connectivity index (χ4n) is 3.56. The van der Waals surface area contributed by atoms with Crippen LogP contribution in [0.5, 0.6) is 0 Å². The Labute approximate surface area is 154 Å². The molecule has 26 heavy (non-hydrogen) atoms. The van der Waals surface area contributed by atoms with E-state index >= 15 is 0 Å². The average Bonchev–Trinajstić information content (AvgIpc) is 2.95. The van der Waals surface area contributed by atoms with Crippen LogP contribution in [0.1, 0.15) is 23.1 Å². The Morgan fingerprint density at radius 1 is 0.846 bits per heavy atom. The molecule has 0 aliphatic heterocycles. The smallest absolute Gasteiger partial charge is 0.291 e. The molecule has 0 N–H and O–H groups in total. The number of hydrogen-bond donors (Lipinski definition) is 0. The number of fused-ring (bicyclic) bond motifs is 1. The van der Waals surface area contributed by atoms with Crippen LogP contribution in [0.15, 0.2) is 84.9 Å². The summed E-state index contributed by atoms with van der Waals surface area (Å²) in [6, 6.07) is 29.2. The topological polar surface area (TPSA) is 18.0 Å². The van der Waals surface area contributed by atoms with Crippen molar-refractivity contribution in [3.63, 3.8) is 0 Å². The predicted molar refractivity (Wildman–Crippen MR) is 104 cm³/mol. The molecule has 1 atom stereocenters. The lowest BCUT2D eigenvalue weighted by Gasteiger charge is -2.16. The standard InChI is InChI=1S/C23H23N2O/c1-24-20-15-9-10-16-21(20)25(2)23(24)22(19-13-7-4-8-14-19)26-17-18-11-5-3-6-12-18/h3-16,22H,17H2,1-2H3/q+1. The molecule has 0 amide bonds. The van der Waals surface area contributed by atoms with Gasteiger partial charge in [-0.1, -0.05) is 72.8 Å². The Balaban J connectivity index is 1.78. The van der Waals surface area contributed by atoms with E-state index in [0.717, 1.165) is 11.4 Å². The van der Waals surface area contributed by atoms with E-state index in [1.54, 1.807) is 0 Å². The van der Waals surface area contributed by atoms with Gasteiger partial charge in [-0.2, -0.15) is 0 Å². The first kappa shape index (κ1) is 16.6. The van der Waals surface area contributed by atoms with E-state index in [2.05, 4.69) is 83.9 Å². The monoisotopic (exact) mass is 343 g/mol. The molecule has 0 spiro atoms. The Morgan fingerprint density at radius 3 is 2.15 bits per heavy atom. The van der Waals surface area contributed by atoms with Gasteiger partial charge >= 0.3 is 0 Å². The number of benzene rings is 3. The van der Waals surface area contributed by atoms with Gasteiger partial charge in [-0.3, -0.25) is 0 Å². The van der Waals surface area contributed by atoms with Crippen LogP contribution in [0.3, 0.4) is 0 Å². The van der Waals surface area contributed by atoms with Crippen molar-refractivity contribution in [1.82, 2.24) is 4.57 Å². The van der Waals surface area contributed by atoms with E-state index < -0.39 is 0 Å². The second-order valence-electron chi connectivity index (χ2n) is 6.55. The highest BCUT2D eigenvalue weighted by Gasteiger charge is 2.30. The molecule has 1 aromatic heterocycles. The van der Waals surface area contributed by atoms with Gasteiger partial charge in [0.15, 0.2) is 17.1 Å². The van der Waals surface area contributed by atoms with Crippen LogP contribution < -0.4 is 4.57 Å². The molecule has 3 heteroatoms. The molecule has 0 saturated carbocycles. The molecular weight excluding hydrogens is 320 g/mol. The number of nitrogens with zero attached hydrogens (tertiary/aromatic N) is 2. The number of ether oxygens (including phenoxy) is 1. The summed E-state index contributed by atoms with van der Waals surface area (Å²) in [6.07, 6.45) is -0.140. The summed E-state index contributed by atoms with van der Waals surface area (Å²) in [5, 5.41) is 0. The molecule has 0 aliphatic rings. The molecule has 0 radical (unpaired) electrons. The third-order valence-electron chi connectivity index (χ3n) is 4.89. The maximum atomic E-state index is 6.45. The molecular formula is C23H23N2O+. The zero-order valence-electron chi connectivity index (χ0n) is 15.2. The van der Waals surface area contributed by atoms with Crippen LogP contribution in [0.2, 0.25) is 0 Å². The van der Waals surface area contributed by atoms with E-state index in [0.29, 0.717) is 6.61 Å². The molecule has 1 unspecified atom stereocenters. The van der Waals surface area contributed by atoms with Crippen molar-refractivity contribution in [2.45, 2.75) is 12.7 Å². The summed E-state index contributed by atoms with van der Waals surface area (Å²) in [6.45, 7) is 0.571. The number of hydrogen-bond acceptors (Lipinski definition) is 1. The minimum atomic E-state index is -0.140. The van der Waals surface area contributed by atoms with Crippen LogP contribution in [-0.2, 0) is 25.4 Å². The van der Waals surface area contributed by atoms with Crippen molar-refractivity contribution in [3.8, 4) is 0 Å². The van der Waals surface area contributed by atoms with Gasteiger partial charge in [0.2, 0.25) is 0 Å². The minimum absolute atomic E-state index is 0.140. The highest BCUT2D eigenvalue weighted by molar-refractivity contribution is 5.72. The van der Waals surface area contributed by atoms with Gasteiger partial charge in [0, 0.05) is 0 Å². The molecule has 3 aromatic carbocycles. The molecule has 4 rings (SSSR count). The summed E-state index contributed by atoms with van der Waals surface area (Å²) in [7, 11) is 4.22. The SMILES string of the molecule is Cn1c(C(OCc2ccccc2)c2ccccc2)[n+](C)c2ccccc21. The van der Waals surface area contributed by atoms with E-state index in [-0.39, 0.29) is 6.10 Å². The molecule has 4 aromatic rings. The minimum Gasteiger partial charge on any atom is -0.356 e. The van der Waals surface area contributed by atoms with Gasteiger partial charge < -0.3 is 4.74 Å². The average molecular weight is 343 g/mol. The Hall–Kier alpha value is -2.91. The first-order valence-electron chi connectivity index (χ1n) is 8.89. The quantitative estimate of drug-likeness (QED) is 0.494. The molecule has 0 saturated heterocycles. The lowest BCUT2D eigenvalue weighted by molar-refractivity contribution is -0.657. The van der Waals surface area contributed by atoms with Crippen LogP contribution >= 0.6 is 0 Å². The van der Waals surface area contributed by atoms with Gasteiger partial charge in [0.05, 0.1) is 20.7 Å². The van der Waals surface area contributed by atoms with E-state index in [1.807, 2.05) is 24.3 Å². The first-order chi connectivity index (χ1) is 12.8. The van der Waals surface area contributed by atoms with Gasteiger partial charge in [-0.25, -0.2) is 9.13 Å². The van der Waals surface area contributed by atoms with Crippen molar-refractivity contribution < 1.29 is 9.30 Å². The van der Waals surface area contributed by atoms with Gasteiger partial charge in [-0.05, 0) is 23.3 Å². The Morgan fingerprint density at radius 2 is 1.46 bits per heavy atom. The number of aromatic nitrogens is 2. The lowest BCUT2D eigenvalue weighted by atomic mass is 10.1. The third-order valence-corrected chi connectivity index (χ3v) is 4.89. The molecule has 1 heterocycles. The van der Waals surface area contributed by atoms with Crippen LogP contribution in [0.25, 0.3) is 11.0 Å². The number of para-hydroxylation sites is 2. The second-order valence-corrected chi connectivity index (χ2v) is 6.55. The summed E-state index contributed by atoms with van der Waals surface area (Å²) >= 11 is 0. The molecule has 130 valence electrons. The first-order valence-corrected chi connectivity index (χ1v) is 8.89. The number of imidazole rings is 1. The number of rotatable bonds is 5. The molecule has 3 nitrogen and oxygen atoms in total. The zero-order chi connectivity index (χ0) is 17.9. The van der Waals surface area contributed by atoms with Gasteiger partial charge in [0.1, 0.15) is 0 Å². The van der Waals surface area contributed by atoms with E-state index in [4.69, 9.17) is 4.74 Å². The molecule has 0 bridgehead atoms. The van der Waals surface area contributed by atoms with Crippen molar-refractivity contribution >= 4 is 11.0 Å². The van der Waals surface area contributed by atoms with Crippen molar-refractivity contribution in [1.29, 1.82) is 0 Å². The van der Waals surface area contributed by atoms with Crippen molar-refractivity contribution in [3.05, 3.63) is 102 Å². The van der Waals surface area contributed by atoms with Crippen LogP contribution in [0.4, 0.5) is 0 Å². The van der Waals surface area contributed by atoms with E-state index in [9.17, 15) is 0 Å². The summed E-state index contributed by atoms with van der Waals surface area (Å²) in [4.78, 5) is 0. The largest absolute Gasteiger partial charge is 0.356 e. The van der Waals surface area contributed by atoms with Crippen molar-refractivity contribution in [2.75, 3.05) is 0 Å². The second kappa shape index (κ2) is 7.14. The fourth-order valence-corrected chi connectivity index (χ4v) is 3.56. The molecule has 0 fully saturated rings. The molecule has 0 aliphatic carbocycles. The highest BCUT2D eigenvalue weighted by Crippen LogP contribution is 2.27. The maximum absolute atomic E-state index is 6.45. The zero-order valence-corrected chi connectivity index (χ0v) is 15.2. The summed E-state index contributed by atoms with van der Waals surface area (Å²) < 4.78 is 10.9. The van der Waals surface area contributed by atoms with Crippen molar-refractivity contribution in [2.24, 2.45) is 14.1 Å². The van der Waals surface area contributed by atoms with E-state index in [1.165, 1.54) is 16.6 Å². The lowest BCUT2D eigenvalue weighted by Crippen LogP contribution is -2.35. The normalized spacial score (nSPS) is 12.4. The summed E-state index contributed by atoms with van der Waals surface area (Å²) in [5.74, 6) is 1.13. The van der Waals surface area contributed by atoms with Crippen LogP contribution in [0, 0.1) is 0 Å². The fraction of sp³-hybridized carbons (Fsp3) is 0.174. The predicted octanol–water partition coefficient (Wildman–Crippen LogP) is 4.31. The summed E-state index contributed by atoms with van der Waals surface area (Å²) in [5.41, 5.74) is 4.74. The maximum Gasteiger partial charge on any atom is 0.291 e. The van der Waals surface area contributed by atoms with Gasteiger partial charge in [0.25, 0.3) is 5.82 Å². The van der Waals surface area contributed by atoms with Gasteiger partial charge in [-0.15, -0.1) is 0 Å².